The maximum atomic E-state index is 11.4. The van der Waals surface area contributed by atoms with Crippen molar-refractivity contribution in [2.45, 2.75) is 6.42 Å². The average molecular weight is 268 g/mol. The van der Waals surface area contributed by atoms with Crippen LogP contribution in [0.3, 0.4) is 0 Å². The number of esters is 1. The molecule has 1 unspecified atom stereocenters. The second kappa shape index (κ2) is 6.63. The van der Waals surface area contributed by atoms with Crippen LogP contribution in [0, 0.1) is 5.92 Å². The minimum Gasteiger partial charge on any atom is -0.493 e. The summed E-state index contributed by atoms with van der Waals surface area (Å²) >= 11 is 0. The minimum atomic E-state index is -1.23. The first kappa shape index (κ1) is 14.8. The maximum absolute atomic E-state index is 11.4. The Labute approximate surface area is 110 Å². The predicted octanol–water partition coefficient (Wildman–Crippen LogP) is 1.12. The molecule has 6 heteroatoms. The van der Waals surface area contributed by atoms with Gasteiger partial charge in [0.1, 0.15) is 0 Å². The standard InChI is InChI=1S/C13H16O6/c1-17-10-5-4-8(7-11(10)18-2)6-9(12(14)15)13(16)19-3/h4-5,7,9H,6H2,1-3H3,(H,14,15). The van der Waals surface area contributed by atoms with Gasteiger partial charge in [0.05, 0.1) is 21.3 Å². The van der Waals surface area contributed by atoms with Gasteiger partial charge in [0, 0.05) is 0 Å². The van der Waals surface area contributed by atoms with Gasteiger partial charge in [-0.15, -0.1) is 0 Å². The van der Waals surface area contributed by atoms with Gasteiger partial charge < -0.3 is 19.3 Å². The molecule has 0 amide bonds. The van der Waals surface area contributed by atoms with Crippen molar-refractivity contribution in [2.24, 2.45) is 5.92 Å². The minimum absolute atomic E-state index is 0.0301. The summed E-state index contributed by atoms with van der Waals surface area (Å²) in [5.74, 6) is -2.21. The van der Waals surface area contributed by atoms with E-state index in [0.717, 1.165) is 7.11 Å². The molecule has 6 nitrogen and oxygen atoms in total. The van der Waals surface area contributed by atoms with Crippen LogP contribution in [-0.4, -0.2) is 38.4 Å². The molecule has 0 radical (unpaired) electrons. The van der Waals surface area contributed by atoms with Gasteiger partial charge in [-0.1, -0.05) is 6.07 Å². The fourth-order valence-electron chi connectivity index (χ4n) is 1.66. The van der Waals surface area contributed by atoms with Crippen LogP contribution in [0.25, 0.3) is 0 Å². The van der Waals surface area contributed by atoms with E-state index in [0.29, 0.717) is 17.1 Å². The highest BCUT2D eigenvalue weighted by Crippen LogP contribution is 2.28. The number of hydrogen-bond acceptors (Lipinski definition) is 5. The van der Waals surface area contributed by atoms with E-state index in [1.165, 1.54) is 14.2 Å². The van der Waals surface area contributed by atoms with Gasteiger partial charge in [0.25, 0.3) is 0 Å². The monoisotopic (exact) mass is 268 g/mol. The summed E-state index contributed by atoms with van der Waals surface area (Å²) in [5.41, 5.74) is 0.649. The van der Waals surface area contributed by atoms with Gasteiger partial charge >= 0.3 is 11.9 Å². The maximum Gasteiger partial charge on any atom is 0.320 e. The highest BCUT2D eigenvalue weighted by Gasteiger charge is 2.27. The molecular formula is C13H16O6. The fraction of sp³-hybridized carbons (Fsp3) is 0.385. The summed E-state index contributed by atoms with van der Waals surface area (Å²) in [4.78, 5) is 22.4. The van der Waals surface area contributed by atoms with E-state index in [1.807, 2.05) is 0 Å². The molecular weight excluding hydrogens is 252 g/mol. The predicted molar refractivity (Wildman–Crippen MR) is 66.4 cm³/mol. The number of carbonyl (C=O) groups excluding carboxylic acids is 1. The molecule has 0 saturated carbocycles. The van der Waals surface area contributed by atoms with Crippen LogP contribution < -0.4 is 9.47 Å². The van der Waals surface area contributed by atoms with Crippen molar-refractivity contribution >= 4 is 11.9 Å². The third kappa shape index (κ3) is 3.61. The number of ether oxygens (including phenoxy) is 3. The lowest BCUT2D eigenvalue weighted by Crippen LogP contribution is -2.27. The lowest BCUT2D eigenvalue weighted by molar-refractivity contribution is -0.156. The van der Waals surface area contributed by atoms with Crippen LogP contribution >= 0.6 is 0 Å². The Bertz CT molecular complexity index is 468. The summed E-state index contributed by atoms with van der Waals surface area (Å²) in [6.45, 7) is 0. The number of carbonyl (C=O) groups is 2. The van der Waals surface area contributed by atoms with E-state index >= 15 is 0 Å². The molecule has 0 spiro atoms. The Balaban J connectivity index is 2.97. The molecule has 0 aliphatic carbocycles. The van der Waals surface area contributed by atoms with Gasteiger partial charge in [-0.2, -0.15) is 0 Å². The van der Waals surface area contributed by atoms with Crippen molar-refractivity contribution < 1.29 is 28.9 Å². The first-order chi connectivity index (χ1) is 9.03. The number of carboxylic acids is 1. The Kier molecular flexibility index (Phi) is 5.17. The van der Waals surface area contributed by atoms with Gasteiger partial charge in [0.15, 0.2) is 17.4 Å². The summed E-state index contributed by atoms with van der Waals surface area (Å²) in [5, 5.41) is 9.01. The molecule has 0 bridgehead atoms. The van der Waals surface area contributed by atoms with Gasteiger partial charge in [-0.05, 0) is 24.1 Å². The molecule has 0 aliphatic heterocycles. The van der Waals surface area contributed by atoms with Crippen LogP contribution in [0.15, 0.2) is 18.2 Å². The Morgan fingerprint density at radius 1 is 1.16 bits per heavy atom. The summed E-state index contributed by atoms with van der Waals surface area (Å²) in [6.07, 6.45) is 0.0301. The molecule has 1 rings (SSSR count). The molecule has 0 aromatic heterocycles. The topological polar surface area (TPSA) is 82.1 Å². The molecule has 1 N–H and O–H groups in total. The summed E-state index contributed by atoms with van der Waals surface area (Å²) < 4.78 is 14.7. The molecule has 0 heterocycles. The lowest BCUT2D eigenvalue weighted by atomic mass is 9.99. The van der Waals surface area contributed by atoms with Crippen LogP contribution in [0.2, 0.25) is 0 Å². The van der Waals surface area contributed by atoms with Crippen molar-refractivity contribution in [3.8, 4) is 11.5 Å². The number of aliphatic carboxylic acids is 1. The molecule has 0 fully saturated rings. The second-order valence-corrected chi connectivity index (χ2v) is 3.81. The zero-order valence-electron chi connectivity index (χ0n) is 11.0. The highest BCUT2D eigenvalue weighted by atomic mass is 16.5. The lowest BCUT2D eigenvalue weighted by Gasteiger charge is -2.12. The molecule has 0 aliphatic rings. The number of carboxylic acid groups (broad SMARTS) is 1. The van der Waals surface area contributed by atoms with Crippen molar-refractivity contribution in [3.05, 3.63) is 23.8 Å². The normalized spacial score (nSPS) is 11.5. The van der Waals surface area contributed by atoms with Crippen molar-refractivity contribution in [2.75, 3.05) is 21.3 Å². The van der Waals surface area contributed by atoms with Crippen LogP contribution in [0.4, 0.5) is 0 Å². The molecule has 1 aromatic rings. The second-order valence-electron chi connectivity index (χ2n) is 3.81. The van der Waals surface area contributed by atoms with E-state index in [2.05, 4.69) is 4.74 Å². The Morgan fingerprint density at radius 3 is 2.26 bits per heavy atom. The average Bonchev–Trinajstić information content (AvgIpc) is 2.43. The number of hydrogen-bond donors (Lipinski definition) is 1. The molecule has 1 aromatic carbocycles. The van der Waals surface area contributed by atoms with E-state index in [-0.39, 0.29) is 6.42 Å². The molecule has 104 valence electrons. The van der Waals surface area contributed by atoms with Gasteiger partial charge in [-0.3, -0.25) is 9.59 Å². The third-order valence-electron chi connectivity index (χ3n) is 2.67. The summed E-state index contributed by atoms with van der Waals surface area (Å²) in [6, 6.07) is 4.97. The zero-order valence-corrected chi connectivity index (χ0v) is 11.0. The fourth-order valence-corrected chi connectivity index (χ4v) is 1.66. The van der Waals surface area contributed by atoms with Crippen LogP contribution in [0.5, 0.6) is 11.5 Å². The molecule has 0 saturated heterocycles. The van der Waals surface area contributed by atoms with E-state index < -0.39 is 17.9 Å². The van der Waals surface area contributed by atoms with Gasteiger partial charge in [0.2, 0.25) is 0 Å². The highest BCUT2D eigenvalue weighted by molar-refractivity contribution is 5.94. The van der Waals surface area contributed by atoms with E-state index in [9.17, 15) is 9.59 Å². The van der Waals surface area contributed by atoms with E-state index in [1.54, 1.807) is 18.2 Å². The van der Waals surface area contributed by atoms with Gasteiger partial charge in [-0.25, -0.2) is 0 Å². The van der Waals surface area contributed by atoms with Crippen LogP contribution in [-0.2, 0) is 20.7 Å². The largest absolute Gasteiger partial charge is 0.493 e. The molecule has 19 heavy (non-hydrogen) atoms. The van der Waals surface area contributed by atoms with E-state index in [4.69, 9.17) is 14.6 Å². The first-order valence-electron chi connectivity index (χ1n) is 5.55. The molecule has 1 atom stereocenters. The third-order valence-corrected chi connectivity index (χ3v) is 2.67. The number of methoxy groups -OCH3 is 3. The quantitative estimate of drug-likeness (QED) is 0.615. The number of benzene rings is 1. The Morgan fingerprint density at radius 2 is 1.79 bits per heavy atom. The van der Waals surface area contributed by atoms with Crippen LogP contribution in [0.1, 0.15) is 5.56 Å². The van der Waals surface area contributed by atoms with Crippen molar-refractivity contribution in [1.29, 1.82) is 0 Å². The number of rotatable bonds is 6. The smallest absolute Gasteiger partial charge is 0.320 e. The summed E-state index contributed by atoms with van der Waals surface area (Å²) in [7, 11) is 4.15. The van der Waals surface area contributed by atoms with Crippen molar-refractivity contribution in [3.63, 3.8) is 0 Å². The Hall–Kier alpha value is -2.24. The van der Waals surface area contributed by atoms with Crippen molar-refractivity contribution in [1.82, 2.24) is 0 Å². The first-order valence-corrected chi connectivity index (χ1v) is 5.55. The zero-order chi connectivity index (χ0) is 14.4. The SMILES string of the molecule is COC(=O)C(Cc1ccc(OC)c(OC)c1)C(=O)O.